The minimum Gasteiger partial charge on any atom is -0.412 e. The van der Waals surface area contributed by atoms with E-state index in [-0.39, 0.29) is 5.48 Å². The van der Waals surface area contributed by atoms with Crippen LogP contribution in [0, 0.1) is 0 Å². The first kappa shape index (κ1) is 19.6. The van der Waals surface area contributed by atoms with E-state index in [1.807, 2.05) is 36.4 Å². The molecule has 2 atom stereocenters. The quantitative estimate of drug-likeness (QED) is 0.688. The van der Waals surface area contributed by atoms with Gasteiger partial charge in [-0.05, 0) is 11.1 Å². The van der Waals surface area contributed by atoms with Gasteiger partial charge in [-0.15, -0.1) is 0 Å². The number of hydrogen-bond acceptors (Lipinski definition) is 4. The zero-order valence-electron chi connectivity index (χ0n) is 14.3. The van der Waals surface area contributed by atoms with Crippen molar-refractivity contribution in [3.05, 3.63) is 71.8 Å². The van der Waals surface area contributed by atoms with Gasteiger partial charge >= 0.3 is 0 Å². The molecule has 2 fully saturated rings. The number of ether oxygens (including phenoxy) is 4. The number of epoxide rings is 2. The Balaban J connectivity index is 0.000000173. The predicted octanol–water partition coefficient (Wildman–Crippen LogP) is 2.38. The van der Waals surface area contributed by atoms with Crippen molar-refractivity contribution in [2.75, 3.05) is 26.4 Å². The van der Waals surface area contributed by atoms with E-state index in [1.165, 1.54) is 11.1 Å². The largest absolute Gasteiger partial charge is 0.412 e. The Labute approximate surface area is 148 Å². The lowest BCUT2D eigenvalue weighted by atomic mass is 10.2. The summed E-state index contributed by atoms with van der Waals surface area (Å²) in [6.07, 6.45) is 0.738. The highest BCUT2D eigenvalue weighted by Gasteiger charge is 2.22. The first-order valence-electron chi connectivity index (χ1n) is 8.36. The molecule has 2 aliphatic heterocycles. The average Bonchev–Trinajstić information content (AvgIpc) is 3.53. The molecule has 4 rings (SSSR count). The molecule has 0 amide bonds. The van der Waals surface area contributed by atoms with E-state index < -0.39 is 0 Å². The molecule has 0 saturated carbocycles. The summed E-state index contributed by atoms with van der Waals surface area (Å²) < 4.78 is 20.9. The van der Waals surface area contributed by atoms with E-state index >= 15 is 0 Å². The number of rotatable bonds is 8. The van der Waals surface area contributed by atoms with Crippen molar-refractivity contribution >= 4 is 0 Å². The molecule has 2 saturated heterocycles. The highest BCUT2D eigenvalue weighted by Crippen LogP contribution is 2.11. The molecule has 2 aromatic carbocycles. The third kappa shape index (κ3) is 8.77. The Morgan fingerprint density at radius 2 is 1.04 bits per heavy atom. The van der Waals surface area contributed by atoms with Gasteiger partial charge in [0.05, 0.1) is 39.6 Å². The minimum atomic E-state index is 0. The van der Waals surface area contributed by atoms with Gasteiger partial charge in [-0.2, -0.15) is 0 Å². The Kier molecular flexibility index (Phi) is 8.59. The third-order valence-corrected chi connectivity index (χ3v) is 3.64. The van der Waals surface area contributed by atoms with Crippen LogP contribution in [0.25, 0.3) is 0 Å². The van der Waals surface area contributed by atoms with Crippen molar-refractivity contribution in [2.24, 2.45) is 0 Å². The van der Waals surface area contributed by atoms with E-state index in [0.717, 1.165) is 26.4 Å². The third-order valence-electron chi connectivity index (χ3n) is 3.64. The molecular formula is C20H26O5. The summed E-state index contributed by atoms with van der Waals surface area (Å²) in [5.41, 5.74) is 2.44. The van der Waals surface area contributed by atoms with Crippen LogP contribution in [0.5, 0.6) is 0 Å². The molecule has 5 heteroatoms. The fourth-order valence-electron chi connectivity index (χ4n) is 2.09. The molecule has 0 radical (unpaired) electrons. The Hall–Kier alpha value is -1.76. The van der Waals surface area contributed by atoms with Gasteiger partial charge in [-0.3, -0.25) is 0 Å². The first-order valence-corrected chi connectivity index (χ1v) is 8.36. The standard InChI is InChI=1S/2C10H12O2.H2O/c2*1-2-4-9(5-3-1)6-11-7-10-8-12-10;/h2*1-5,10H,6-8H2;1H2. The summed E-state index contributed by atoms with van der Waals surface area (Å²) in [4.78, 5) is 0. The van der Waals surface area contributed by atoms with Crippen LogP contribution >= 0.6 is 0 Å². The van der Waals surface area contributed by atoms with Crippen molar-refractivity contribution in [3.63, 3.8) is 0 Å². The SMILES string of the molecule is O.c1ccc(COCC2CO2)cc1.c1ccc(COCC2CO2)cc1. The molecule has 2 aromatic rings. The van der Waals surface area contributed by atoms with Crippen LogP contribution in [0.2, 0.25) is 0 Å². The summed E-state index contributed by atoms with van der Waals surface area (Å²) in [5, 5.41) is 0. The summed E-state index contributed by atoms with van der Waals surface area (Å²) in [5.74, 6) is 0. The van der Waals surface area contributed by atoms with Gasteiger partial charge in [-0.25, -0.2) is 0 Å². The molecule has 0 aliphatic carbocycles. The normalized spacial score (nSPS) is 20.0. The molecule has 0 bridgehead atoms. The van der Waals surface area contributed by atoms with Crippen molar-refractivity contribution in [1.82, 2.24) is 0 Å². The van der Waals surface area contributed by atoms with Crippen LogP contribution < -0.4 is 0 Å². The molecule has 0 aromatic heterocycles. The zero-order valence-corrected chi connectivity index (χ0v) is 14.3. The molecule has 136 valence electrons. The Bertz CT molecular complexity index is 514. The lowest BCUT2D eigenvalue weighted by Crippen LogP contribution is -2.00. The van der Waals surface area contributed by atoms with Gasteiger partial charge in [0.15, 0.2) is 0 Å². The van der Waals surface area contributed by atoms with Gasteiger partial charge in [0.1, 0.15) is 12.2 Å². The second-order valence-electron chi connectivity index (χ2n) is 5.91. The summed E-state index contributed by atoms with van der Waals surface area (Å²) in [6.45, 7) is 4.59. The van der Waals surface area contributed by atoms with Crippen LogP contribution in [0.3, 0.4) is 0 Å². The van der Waals surface area contributed by atoms with Gasteiger partial charge in [-0.1, -0.05) is 60.7 Å². The average molecular weight is 346 g/mol. The van der Waals surface area contributed by atoms with Crippen LogP contribution in [-0.2, 0) is 32.2 Å². The van der Waals surface area contributed by atoms with Crippen molar-refractivity contribution in [2.45, 2.75) is 25.4 Å². The molecule has 2 unspecified atom stereocenters. The lowest BCUT2D eigenvalue weighted by Gasteiger charge is -2.00. The molecular weight excluding hydrogens is 320 g/mol. The highest BCUT2D eigenvalue weighted by molar-refractivity contribution is 5.14. The number of benzene rings is 2. The van der Waals surface area contributed by atoms with Crippen LogP contribution in [0.15, 0.2) is 60.7 Å². The molecule has 2 aliphatic rings. The fraction of sp³-hybridized carbons (Fsp3) is 0.400. The summed E-state index contributed by atoms with van der Waals surface area (Å²) in [7, 11) is 0. The van der Waals surface area contributed by atoms with Gasteiger partial charge in [0, 0.05) is 0 Å². The van der Waals surface area contributed by atoms with Crippen molar-refractivity contribution in [3.8, 4) is 0 Å². The maximum atomic E-state index is 5.42. The maximum absolute atomic E-state index is 5.42. The van der Waals surface area contributed by atoms with Crippen LogP contribution in [-0.4, -0.2) is 44.1 Å². The van der Waals surface area contributed by atoms with E-state index in [9.17, 15) is 0 Å². The van der Waals surface area contributed by atoms with Crippen LogP contribution in [0.1, 0.15) is 11.1 Å². The molecule has 0 spiro atoms. The lowest BCUT2D eigenvalue weighted by molar-refractivity contribution is 0.104. The first-order chi connectivity index (χ1) is 11.9. The molecule has 25 heavy (non-hydrogen) atoms. The second kappa shape index (κ2) is 11.0. The monoisotopic (exact) mass is 346 g/mol. The summed E-state index contributed by atoms with van der Waals surface area (Å²) >= 11 is 0. The number of hydrogen-bond donors (Lipinski definition) is 0. The van der Waals surface area contributed by atoms with E-state index in [1.54, 1.807) is 0 Å². The topological polar surface area (TPSA) is 75.0 Å². The molecule has 2 heterocycles. The smallest absolute Gasteiger partial charge is 0.104 e. The van der Waals surface area contributed by atoms with Gasteiger partial charge in [0.25, 0.3) is 0 Å². The minimum absolute atomic E-state index is 0. The van der Waals surface area contributed by atoms with Gasteiger partial charge in [0.2, 0.25) is 0 Å². The summed E-state index contributed by atoms with van der Waals surface area (Å²) in [6, 6.07) is 20.3. The predicted molar refractivity (Wildman–Crippen MR) is 95.3 cm³/mol. The fourth-order valence-corrected chi connectivity index (χ4v) is 2.09. The van der Waals surface area contributed by atoms with Crippen molar-refractivity contribution < 1.29 is 24.4 Å². The van der Waals surface area contributed by atoms with Gasteiger partial charge < -0.3 is 24.4 Å². The van der Waals surface area contributed by atoms with Crippen LogP contribution in [0.4, 0.5) is 0 Å². The van der Waals surface area contributed by atoms with E-state index in [2.05, 4.69) is 24.3 Å². The Morgan fingerprint density at radius 1 is 0.680 bits per heavy atom. The van der Waals surface area contributed by atoms with E-state index in [4.69, 9.17) is 18.9 Å². The Morgan fingerprint density at radius 3 is 1.36 bits per heavy atom. The molecule has 2 N–H and O–H groups in total. The second-order valence-corrected chi connectivity index (χ2v) is 5.91. The zero-order chi connectivity index (χ0) is 16.5. The maximum Gasteiger partial charge on any atom is 0.104 e. The van der Waals surface area contributed by atoms with E-state index in [0.29, 0.717) is 25.4 Å². The highest BCUT2D eigenvalue weighted by atomic mass is 16.6. The van der Waals surface area contributed by atoms with Crippen molar-refractivity contribution in [1.29, 1.82) is 0 Å². The molecule has 5 nitrogen and oxygen atoms in total.